The summed E-state index contributed by atoms with van der Waals surface area (Å²) in [6.07, 6.45) is 2.68. The molecule has 13 heavy (non-hydrogen) atoms. The zero-order chi connectivity index (χ0) is 9.10. The third-order valence-electron chi connectivity index (χ3n) is 2.36. The molecule has 0 aliphatic carbocycles. The first kappa shape index (κ1) is 9.16. The Hall–Kier alpha value is -0.410. The van der Waals surface area contributed by atoms with Crippen molar-refractivity contribution in [3.63, 3.8) is 0 Å². The smallest absolute Gasteiger partial charge is 0.106 e. The van der Waals surface area contributed by atoms with Crippen LogP contribution in [0.5, 0.6) is 0 Å². The third-order valence-corrected chi connectivity index (χ3v) is 2.80. The number of nitrogens with zero attached hydrogens (tertiary/aromatic N) is 2. The Kier molecular flexibility index (Phi) is 2.96. The van der Waals surface area contributed by atoms with Gasteiger partial charge in [-0.1, -0.05) is 6.07 Å². The van der Waals surface area contributed by atoms with E-state index in [1.54, 1.807) is 0 Å². The monoisotopic (exact) mass is 240 g/mol. The summed E-state index contributed by atoms with van der Waals surface area (Å²) in [6, 6.07) is 6.10. The molecule has 0 bridgehead atoms. The Balaban J connectivity index is 2.00. The van der Waals surface area contributed by atoms with E-state index in [9.17, 15) is 0 Å². The van der Waals surface area contributed by atoms with Crippen LogP contribution in [-0.2, 0) is 6.54 Å². The van der Waals surface area contributed by atoms with Gasteiger partial charge in [0.2, 0.25) is 0 Å². The molecule has 0 spiro atoms. The fourth-order valence-electron chi connectivity index (χ4n) is 1.71. The van der Waals surface area contributed by atoms with E-state index in [4.69, 9.17) is 0 Å². The van der Waals surface area contributed by atoms with E-state index in [1.807, 2.05) is 12.1 Å². The number of likely N-dealkylation sites (tertiary alicyclic amines) is 1. The molecule has 0 N–H and O–H groups in total. The molecule has 3 heteroatoms. The second-order valence-electron chi connectivity index (χ2n) is 3.43. The molecule has 1 fully saturated rings. The molecule has 1 aliphatic rings. The van der Waals surface area contributed by atoms with Gasteiger partial charge in [0.1, 0.15) is 4.60 Å². The van der Waals surface area contributed by atoms with Gasteiger partial charge in [0.15, 0.2) is 0 Å². The lowest BCUT2D eigenvalue weighted by Crippen LogP contribution is -2.18. The average Bonchev–Trinajstić information content (AvgIpc) is 2.57. The molecule has 1 aromatic heterocycles. The van der Waals surface area contributed by atoms with Gasteiger partial charge in [-0.25, -0.2) is 4.98 Å². The van der Waals surface area contributed by atoms with Crippen molar-refractivity contribution in [3.05, 3.63) is 28.5 Å². The summed E-state index contributed by atoms with van der Waals surface area (Å²) in [5, 5.41) is 0. The molecule has 0 amide bonds. The van der Waals surface area contributed by atoms with Crippen LogP contribution in [0.2, 0.25) is 0 Å². The van der Waals surface area contributed by atoms with Crippen molar-refractivity contribution in [1.29, 1.82) is 0 Å². The second kappa shape index (κ2) is 4.20. The molecule has 0 atom stereocenters. The standard InChI is InChI=1S/C10H13BrN2/c11-10-5-3-4-9(12-10)8-13-6-1-2-7-13/h3-5H,1-2,6-8H2. The molecule has 0 saturated carbocycles. The molecule has 0 radical (unpaired) electrons. The van der Waals surface area contributed by atoms with Crippen LogP contribution < -0.4 is 0 Å². The maximum atomic E-state index is 4.41. The second-order valence-corrected chi connectivity index (χ2v) is 4.25. The highest BCUT2D eigenvalue weighted by atomic mass is 79.9. The minimum atomic E-state index is 0.934. The largest absolute Gasteiger partial charge is 0.298 e. The molecule has 2 nitrogen and oxygen atoms in total. The highest BCUT2D eigenvalue weighted by Crippen LogP contribution is 2.13. The van der Waals surface area contributed by atoms with Gasteiger partial charge >= 0.3 is 0 Å². The summed E-state index contributed by atoms with van der Waals surface area (Å²) >= 11 is 3.38. The van der Waals surface area contributed by atoms with E-state index < -0.39 is 0 Å². The van der Waals surface area contributed by atoms with Crippen molar-refractivity contribution < 1.29 is 0 Å². The Morgan fingerprint density at radius 2 is 2.08 bits per heavy atom. The molecule has 0 unspecified atom stereocenters. The van der Waals surface area contributed by atoms with Gasteiger partial charge in [-0.15, -0.1) is 0 Å². The molecule has 2 rings (SSSR count). The topological polar surface area (TPSA) is 16.1 Å². The van der Waals surface area contributed by atoms with Crippen molar-refractivity contribution in [1.82, 2.24) is 9.88 Å². The molecule has 1 aliphatic heterocycles. The summed E-state index contributed by atoms with van der Waals surface area (Å²) in [6.45, 7) is 3.46. The van der Waals surface area contributed by atoms with E-state index in [0.29, 0.717) is 0 Å². The van der Waals surface area contributed by atoms with Crippen LogP contribution in [0.4, 0.5) is 0 Å². The predicted octanol–water partition coefficient (Wildman–Crippen LogP) is 2.44. The lowest BCUT2D eigenvalue weighted by molar-refractivity contribution is 0.327. The highest BCUT2D eigenvalue weighted by Gasteiger charge is 2.11. The summed E-state index contributed by atoms with van der Waals surface area (Å²) in [4.78, 5) is 6.86. The van der Waals surface area contributed by atoms with E-state index in [2.05, 4.69) is 31.9 Å². The molecule has 70 valence electrons. The first-order valence-electron chi connectivity index (χ1n) is 4.68. The van der Waals surface area contributed by atoms with Crippen LogP contribution in [0.25, 0.3) is 0 Å². The third kappa shape index (κ3) is 2.51. The van der Waals surface area contributed by atoms with Gasteiger partial charge in [-0.3, -0.25) is 4.90 Å². The lowest BCUT2D eigenvalue weighted by atomic mass is 10.3. The maximum absolute atomic E-state index is 4.41. The Morgan fingerprint density at radius 1 is 1.31 bits per heavy atom. The summed E-state index contributed by atoms with van der Waals surface area (Å²) in [5.74, 6) is 0. The Bertz CT molecular complexity index is 282. The van der Waals surface area contributed by atoms with Gasteiger partial charge in [-0.2, -0.15) is 0 Å². The van der Waals surface area contributed by atoms with Gasteiger partial charge < -0.3 is 0 Å². The van der Waals surface area contributed by atoms with Crippen LogP contribution in [-0.4, -0.2) is 23.0 Å². The Morgan fingerprint density at radius 3 is 2.77 bits per heavy atom. The summed E-state index contributed by atoms with van der Waals surface area (Å²) in [7, 11) is 0. The summed E-state index contributed by atoms with van der Waals surface area (Å²) in [5.41, 5.74) is 1.16. The van der Waals surface area contributed by atoms with Crippen molar-refractivity contribution in [2.45, 2.75) is 19.4 Å². The Labute approximate surface area is 87.1 Å². The molecule has 1 aromatic rings. The fraction of sp³-hybridized carbons (Fsp3) is 0.500. The molecule has 0 aromatic carbocycles. The van der Waals surface area contributed by atoms with Crippen molar-refractivity contribution in [2.24, 2.45) is 0 Å². The first-order valence-corrected chi connectivity index (χ1v) is 5.48. The molecular formula is C10H13BrN2. The minimum Gasteiger partial charge on any atom is -0.298 e. The lowest BCUT2D eigenvalue weighted by Gasteiger charge is -2.13. The molecular weight excluding hydrogens is 228 g/mol. The van der Waals surface area contributed by atoms with Gasteiger partial charge in [0.25, 0.3) is 0 Å². The van der Waals surface area contributed by atoms with Gasteiger partial charge in [0.05, 0.1) is 5.69 Å². The zero-order valence-corrected chi connectivity index (χ0v) is 9.13. The van der Waals surface area contributed by atoms with Crippen molar-refractivity contribution in [3.8, 4) is 0 Å². The number of halogens is 1. The van der Waals surface area contributed by atoms with E-state index in [-0.39, 0.29) is 0 Å². The zero-order valence-electron chi connectivity index (χ0n) is 7.54. The first-order chi connectivity index (χ1) is 6.34. The van der Waals surface area contributed by atoms with Gasteiger partial charge in [0, 0.05) is 6.54 Å². The van der Waals surface area contributed by atoms with Crippen LogP contribution in [0.1, 0.15) is 18.5 Å². The van der Waals surface area contributed by atoms with Crippen LogP contribution in [0.15, 0.2) is 22.8 Å². The predicted molar refractivity (Wildman–Crippen MR) is 56.4 cm³/mol. The number of rotatable bonds is 2. The van der Waals surface area contributed by atoms with E-state index in [0.717, 1.165) is 16.8 Å². The van der Waals surface area contributed by atoms with Crippen molar-refractivity contribution in [2.75, 3.05) is 13.1 Å². The number of pyridine rings is 1. The highest BCUT2D eigenvalue weighted by molar-refractivity contribution is 9.10. The van der Waals surface area contributed by atoms with Crippen LogP contribution >= 0.6 is 15.9 Å². The molecule has 2 heterocycles. The summed E-state index contributed by atoms with van der Waals surface area (Å²) < 4.78 is 0.934. The maximum Gasteiger partial charge on any atom is 0.106 e. The van der Waals surface area contributed by atoms with Crippen LogP contribution in [0.3, 0.4) is 0 Å². The van der Waals surface area contributed by atoms with E-state index in [1.165, 1.54) is 25.9 Å². The number of hydrogen-bond acceptors (Lipinski definition) is 2. The fourth-order valence-corrected chi connectivity index (χ4v) is 2.09. The number of aromatic nitrogens is 1. The normalized spacial score (nSPS) is 17.9. The van der Waals surface area contributed by atoms with Crippen molar-refractivity contribution >= 4 is 15.9 Å². The van der Waals surface area contributed by atoms with Gasteiger partial charge in [-0.05, 0) is 54.0 Å². The van der Waals surface area contributed by atoms with Crippen LogP contribution in [0, 0.1) is 0 Å². The van der Waals surface area contributed by atoms with E-state index >= 15 is 0 Å². The SMILES string of the molecule is Brc1cccc(CN2CCCC2)n1. The quantitative estimate of drug-likeness (QED) is 0.739. The number of hydrogen-bond donors (Lipinski definition) is 0. The minimum absolute atomic E-state index is 0.934. The molecule has 1 saturated heterocycles. The average molecular weight is 241 g/mol.